The van der Waals surface area contributed by atoms with E-state index in [1.807, 2.05) is 58.0 Å². The number of aryl methyl sites for hydroxylation is 4. The van der Waals surface area contributed by atoms with Crippen molar-refractivity contribution in [1.82, 2.24) is 20.2 Å². The zero-order valence-electron chi connectivity index (χ0n) is 15.2. The van der Waals surface area contributed by atoms with Crippen molar-refractivity contribution in [2.75, 3.05) is 5.75 Å². The van der Waals surface area contributed by atoms with Gasteiger partial charge in [-0.25, -0.2) is 0 Å². The van der Waals surface area contributed by atoms with E-state index in [1.165, 1.54) is 11.8 Å². The predicted molar refractivity (Wildman–Crippen MR) is 101 cm³/mol. The second kappa shape index (κ2) is 7.70. The molecule has 0 aliphatic heterocycles. The monoisotopic (exact) mass is 368 g/mol. The lowest BCUT2D eigenvalue weighted by molar-refractivity contribution is -0.131. The van der Waals surface area contributed by atoms with Crippen LogP contribution in [-0.4, -0.2) is 31.9 Å². The number of thioether (sulfide) groups is 1. The molecule has 0 unspecified atom stereocenters. The molecule has 0 bridgehead atoms. The number of benzene rings is 2. The van der Waals surface area contributed by atoms with E-state index in [0.29, 0.717) is 10.9 Å². The average molecular weight is 368 g/mol. The number of carbonyl (C=O) groups excluding carboxylic acids is 1. The Bertz CT molecular complexity index is 952. The third-order valence-electron chi connectivity index (χ3n) is 4.06. The molecule has 0 radical (unpaired) electrons. The zero-order chi connectivity index (χ0) is 18.7. The minimum Gasteiger partial charge on any atom is -0.426 e. The average Bonchev–Trinajstić information content (AvgIpc) is 3.07. The predicted octanol–water partition coefficient (Wildman–Crippen LogP) is 3.59. The zero-order valence-corrected chi connectivity index (χ0v) is 16.0. The van der Waals surface area contributed by atoms with Gasteiger partial charge in [0.1, 0.15) is 5.75 Å². The number of hydrogen-bond donors (Lipinski definition) is 0. The maximum atomic E-state index is 12.2. The van der Waals surface area contributed by atoms with Crippen LogP contribution in [0.25, 0.3) is 5.69 Å². The summed E-state index contributed by atoms with van der Waals surface area (Å²) < 4.78 is 7.05. The number of hydrogen-bond acceptors (Lipinski definition) is 6. The summed E-state index contributed by atoms with van der Waals surface area (Å²) in [5.41, 5.74) is 5.32. The van der Waals surface area contributed by atoms with Crippen LogP contribution in [0.2, 0.25) is 0 Å². The summed E-state index contributed by atoms with van der Waals surface area (Å²) >= 11 is 1.25. The topological polar surface area (TPSA) is 69.9 Å². The van der Waals surface area contributed by atoms with Gasteiger partial charge in [-0.3, -0.25) is 4.79 Å². The van der Waals surface area contributed by atoms with E-state index < -0.39 is 0 Å². The number of esters is 1. The first-order valence-corrected chi connectivity index (χ1v) is 9.19. The quantitative estimate of drug-likeness (QED) is 0.389. The Morgan fingerprint density at radius 2 is 1.81 bits per heavy atom. The first kappa shape index (κ1) is 18.1. The van der Waals surface area contributed by atoms with Crippen molar-refractivity contribution >= 4 is 17.7 Å². The van der Waals surface area contributed by atoms with E-state index in [-0.39, 0.29) is 11.7 Å². The van der Waals surface area contributed by atoms with Gasteiger partial charge in [-0.05, 0) is 78.6 Å². The lowest BCUT2D eigenvalue weighted by atomic mass is 10.1. The molecule has 0 aliphatic rings. The molecular formula is C19H20N4O2S. The first-order chi connectivity index (χ1) is 12.4. The highest BCUT2D eigenvalue weighted by Crippen LogP contribution is 2.22. The molecule has 26 heavy (non-hydrogen) atoms. The van der Waals surface area contributed by atoms with Crippen LogP contribution in [0, 0.1) is 27.7 Å². The third-order valence-corrected chi connectivity index (χ3v) is 4.96. The highest BCUT2D eigenvalue weighted by atomic mass is 32.2. The van der Waals surface area contributed by atoms with Crippen LogP contribution in [-0.2, 0) is 4.79 Å². The molecule has 6 nitrogen and oxygen atoms in total. The van der Waals surface area contributed by atoms with Crippen molar-refractivity contribution in [3.63, 3.8) is 0 Å². The standard InChI is InChI=1S/C19H20N4O2S/c1-12-5-6-14(3)17(9-12)23-19(20-21-22-23)26-11-18(24)25-16-8-7-13(2)15(4)10-16/h5-10H,11H2,1-4H3. The maximum Gasteiger partial charge on any atom is 0.321 e. The van der Waals surface area contributed by atoms with Crippen molar-refractivity contribution < 1.29 is 9.53 Å². The highest BCUT2D eigenvalue weighted by Gasteiger charge is 2.14. The van der Waals surface area contributed by atoms with E-state index in [9.17, 15) is 4.79 Å². The van der Waals surface area contributed by atoms with Crippen molar-refractivity contribution in [2.45, 2.75) is 32.9 Å². The Morgan fingerprint density at radius 1 is 1.04 bits per heavy atom. The molecular weight excluding hydrogens is 348 g/mol. The van der Waals surface area contributed by atoms with Crippen LogP contribution in [0.5, 0.6) is 5.75 Å². The van der Waals surface area contributed by atoms with Crippen molar-refractivity contribution in [1.29, 1.82) is 0 Å². The lowest BCUT2D eigenvalue weighted by Gasteiger charge is -2.09. The SMILES string of the molecule is Cc1ccc(C)c(-n2nnnc2SCC(=O)Oc2ccc(C)c(C)c2)c1. The molecule has 1 heterocycles. The number of ether oxygens (including phenoxy) is 1. The van der Waals surface area contributed by atoms with E-state index in [2.05, 4.69) is 15.5 Å². The molecule has 3 aromatic rings. The van der Waals surface area contributed by atoms with Crippen molar-refractivity contribution in [3.8, 4) is 11.4 Å². The second-order valence-electron chi connectivity index (χ2n) is 6.17. The summed E-state index contributed by atoms with van der Waals surface area (Å²) in [5, 5.41) is 12.4. The number of rotatable bonds is 5. The van der Waals surface area contributed by atoms with Crippen LogP contribution in [0.15, 0.2) is 41.6 Å². The minimum absolute atomic E-state index is 0.123. The number of aromatic nitrogens is 4. The molecule has 0 aliphatic carbocycles. The van der Waals surface area contributed by atoms with Gasteiger partial charge in [0.2, 0.25) is 5.16 Å². The second-order valence-corrected chi connectivity index (χ2v) is 7.11. The molecule has 3 rings (SSSR count). The largest absolute Gasteiger partial charge is 0.426 e. The van der Waals surface area contributed by atoms with Crippen molar-refractivity contribution in [2.24, 2.45) is 0 Å². The Kier molecular flexibility index (Phi) is 5.37. The fraction of sp³-hybridized carbons (Fsp3) is 0.263. The molecule has 0 amide bonds. The molecule has 7 heteroatoms. The van der Waals surface area contributed by atoms with Gasteiger partial charge in [-0.2, -0.15) is 4.68 Å². The summed E-state index contributed by atoms with van der Waals surface area (Å²) in [4.78, 5) is 12.2. The smallest absolute Gasteiger partial charge is 0.321 e. The molecule has 0 fully saturated rings. The molecule has 2 aromatic carbocycles. The molecule has 0 spiro atoms. The summed E-state index contributed by atoms with van der Waals surface area (Å²) in [7, 11) is 0. The molecule has 134 valence electrons. The lowest BCUT2D eigenvalue weighted by Crippen LogP contribution is -2.12. The molecule has 0 atom stereocenters. The van der Waals surface area contributed by atoms with Crippen LogP contribution in [0.1, 0.15) is 22.3 Å². The van der Waals surface area contributed by atoms with Crippen LogP contribution >= 0.6 is 11.8 Å². The van der Waals surface area contributed by atoms with Crippen LogP contribution in [0.3, 0.4) is 0 Å². The van der Waals surface area contributed by atoms with Crippen molar-refractivity contribution in [3.05, 3.63) is 58.7 Å². The highest BCUT2D eigenvalue weighted by molar-refractivity contribution is 7.99. The van der Waals surface area contributed by atoms with E-state index in [1.54, 1.807) is 10.7 Å². The summed E-state index contributed by atoms with van der Waals surface area (Å²) in [6.07, 6.45) is 0. The van der Waals surface area contributed by atoms with E-state index in [0.717, 1.165) is 27.9 Å². The number of tetrazole rings is 1. The van der Waals surface area contributed by atoms with Gasteiger partial charge in [-0.1, -0.05) is 30.0 Å². The van der Waals surface area contributed by atoms with Crippen LogP contribution in [0.4, 0.5) is 0 Å². The van der Waals surface area contributed by atoms with Gasteiger partial charge in [0.05, 0.1) is 11.4 Å². The number of carbonyl (C=O) groups is 1. The Hall–Kier alpha value is -2.67. The molecule has 0 N–H and O–H groups in total. The Morgan fingerprint density at radius 3 is 2.58 bits per heavy atom. The fourth-order valence-corrected chi connectivity index (χ4v) is 3.09. The van der Waals surface area contributed by atoms with Gasteiger partial charge in [0.25, 0.3) is 0 Å². The fourth-order valence-electron chi connectivity index (χ4n) is 2.43. The normalized spacial score (nSPS) is 10.8. The number of nitrogens with zero attached hydrogens (tertiary/aromatic N) is 4. The summed E-state index contributed by atoms with van der Waals surface area (Å²) in [6.45, 7) is 8.02. The molecule has 0 saturated heterocycles. The van der Waals surface area contributed by atoms with Gasteiger partial charge >= 0.3 is 5.97 Å². The summed E-state index contributed by atoms with van der Waals surface area (Å²) in [6, 6.07) is 11.7. The van der Waals surface area contributed by atoms with Gasteiger partial charge < -0.3 is 4.74 Å². The van der Waals surface area contributed by atoms with E-state index in [4.69, 9.17) is 4.74 Å². The van der Waals surface area contributed by atoms with Gasteiger partial charge in [-0.15, -0.1) is 5.10 Å². The van der Waals surface area contributed by atoms with E-state index >= 15 is 0 Å². The molecule has 1 aromatic heterocycles. The third kappa shape index (κ3) is 4.11. The van der Waals surface area contributed by atoms with Gasteiger partial charge in [0.15, 0.2) is 0 Å². The Balaban J connectivity index is 1.69. The summed E-state index contributed by atoms with van der Waals surface area (Å²) in [5.74, 6) is 0.333. The molecule has 0 saturated carbocycles. The first-order valence-electron chi connectivity index (χ1n) is 8.21. The minimum atomic E-state index is -0.339. The Labute approximate surface area is 156 Å². The van der Waals surface area contributed by atoms with Gasteiger partial charge in [0, 0.05) is 0 Å². The maximum absolute atomic E-state index is 12.2. The van der Waals surface area contributed by atoms with Crippen LogP contribution < -0.4 is 4.74 Å².